The molecule has 0 aromatic heterocycles. The molecule has 0 aromatic carbocycles. The fourth-order valence-electron chi connectivity index (χ4n) is 2.15. The third-order valence-electron chi connectivity index (χ3n) is 3.22. The van der Waals surface area contributed by atoms with Crippen molar-refractivity contribution in [1.29, 1.82) is 0 Å². The van der Waals surface area contributed by atoms with Crippen LogP contribution in [0.5, 0.6) is 0 Å². The normalized spacial score (nSPS) is 20.0. The molecule has 21 heavy (non-hydrogen) atoms. The number of sulfonamides is 1. The number of hydrogen-bond donors (Lipinski definition) is 2. The second-order valence-corrected chi connectivity index (χ2v) is 6.76. The van der Waals surface area contributed by atoms with Gasteiger partial charge in [-0.3, -0.25) is 9.59 Å². The number of carbonyl (C=O) groups is 2. The van der Waals surface area contributed by atoms with Gasteiger partial charge < -0.3 is 15.4 Å². The Morgan fingerprint density at radius 1 is 1.43 bits per heavy atom. The zero-order chi connectivity index (χ0) is 15.9. The maximum absolute atomic E-state index is 12.3. The minimum absolute atomic E-state index is 0.0492. The Bertz CT molecular complexity index is 466. The molecule has 0 bridgehead atoms. The number of esters is 1. The van der Waals surface area contributed by atoms with Crippen molar-refractivity contribution in [3.05, 3.63) is 0 Å². The first-order valence-corrected chi connectivity index (χ1v) is 8.58. The highest BCUT2D eigenvalue weighted by molar-refractivity contribution is 7.89. The van der Waals surface area contributed by atoms with Crippen molar-refractivity contribution in [2.24, 2.45) is 0 Å². The molecule has 1 atom stereocenters. The van der Waals surface area contributed by atoms with Crippen LogP contribution < -0.4 is 10.6 Å². The first-order valence-electron chi connectivity index (χ1n) is 6.97. The average Bonchev–Trinajstić information content (AvgIpc) is 2.47. The number of carbonyl (C=O) groups excluding carboxylic acids is 2. The fourth-order valence-corrected chi connectivity index (χ4v) is 3.82. The molecule has 0 spiro atoms. The number of amides is 1. The van der Waals surface area contributed by atoms with Crippen LogP contribution in [0.15, 0.2) is 0 Å². The van der Waals surface area contributed by atoms with Crippen LogP contribution in [0.4, 0.5) is 0 Å². The minimum atomic E-state index is -3.58. The summed E-state index contributed by atoms with van der Waals surface area (Å²) in [5.41, 5.74) is 0. The third kappa shape index (κ3) is 5.25. The molecule has 1 rings (SSSR count). The Morgan fingerprint density at radius 3 is 2.76 bits per heavy atom. The summed E-state index contributed by atoms with van der Waals surface area (Å²) in [7, 11) is -2.31. The van der Waals surface area contributed by atoms with Crippen molar-refractivity contribution in [3.8, 4) is 0 Å². The van der Waals surface area contributed by atoms with Gasteiger partial charge in [0.05, 0.1) is 12.9 Å². The lowest BCUT2D eigenvalue weighted by molar-refractivity contribution is -0.140. The number of methoxy groups -OCH3 is 1. The van der Waals surface area contributed by atoms with E-state index in [-0.39, 0.29) is 31.0 Å². The van der Waals surface area contributed by atoms with Crippen molar-refractivity contribution in [3.63, 3.8) is 0 Å². The summed E-state index contributed by atoms with van der Waals surface area (Å²) in [6.07, 6.45) is 0.231. The van der Waals surface area contributed by atoms with E-state index in [1.54, 1.807) is 6.92 Å². The van der Waals surface area contributed by atoms with Gasteiger partial charge in [-0.15, -0.1) is 0 Å². The highest BCUT2D eigenvalue weighted by Crippen LogP contribution is 2.13. The van der Waals surface area contributed by atoms with Crippen LogP contribution in [-0.4, -0.2) is 69.7 Å². The molecule has 8 nitrogen and oxygen atoms in total. The first-order chi connectivity index (χ1) is 9.92. The van der Waals surface area contributed by atoms with Crippen LogP contribution in [0, 0.1) is 0 Å². The van der Waals surface area contributed by atoms with E-state index in [1.807, 2.05) is 0 Å². The van der Waals surface area contributed by atoms with Crippen LogP contribution in [0.2, 0.25) is 0 Å². The molecular formula is C12H23N3O5S. The predicted octanol–water partition coefficient (Wildman–Crippen LogP) is -1.32. The molecule has 1 heterocycles. The van der Waals surface area contributed by atoms with Gasteiger partial charge in [-0.05, 0) is 13.3 Å². The maximum Gasteiger partial charge on any atom is 0.305 e. The fraction of sp³-hybridized carbons (Fsp3) is 0.833. The van der Waals surface area contributed by atoms with Gasteiger partial charge in [-0.2, -0.15) is 4.31 Å². The molecule has 0 radical (unpaired) electrons. The summed E-state index contributed by atoms with van der Waals surface area (Å²) >= 11 is 0. The zero-order valence-corrected chi connectivity index (χ0v) is 13.2. The molecule has 122 valence electrons. The van der Waals surface area contributed by atoms with Gasteiger partial charge in [0.1, 0.15) is 6.04 Å². The second-order valence-electron chi connectivity index (χ2n) is 4.72. The Hall–Kier alpha value is -1.19. The minimum Gasteiger partial charge on any atom is -0.469 e. The molecule has 1 amide bonds. The van der Waals surface area contributed by atoms with E-state index in [0.29, 0.717) is 19.6 Å². The molecule has 2 N–H and O–H groups in total. The molecule has 1 aliphatic heterocycles. The van der Waals surface area contributed by atoms with Crippen molar-refractivity contribution < 1.29 is 22.7 Å². The number of rotatable bonds is 7. The summed E-state index contributed by atoms with van der Waals surface area (Å²) in [6.45, 7) is 3.28. The van der Waals surface area contributed by atoms with Gasteiger partial charge in [0.25, 0.3) is 0 Å². The lowest BCUT2D eigenvalue weighted by Crippen LogP contribution is -2.59. The zero-order valence-electron chi connectivity index (χ0n) is 12.4. The number of nitrogens with zero attached hydrogens (tertiary/aromatic N) is 1. The topological polar surface area (TPSA) is 105 Å². The van der Waals surface area contributed by atoms with E-state index in [9.17, 15) is 18.0 Å². The SMILES string of the molecule is CCNC(=O)C1CNCCN1S(=O)(=O)CCCC(=O)OC. The number of likely N-dealkylation sites (N-methyl/N-ethyl adjacent to an activating group) is 1. The number of ether oxygens (including phenoxy) is 1. The quantitative estimate of drug-likeness (QED) is 0.564. The molecule has 1 aliphatic rings. The Balaban J connectivity index is 2.68. The van der Waals surface area contributed by atoms with Crippen molar-refractivity contribution in [2.75, 3.05) is 39.0 Å². The smallest absolute Gasteiger partial charge is 0.305 e. The summed E-state index contributed by atoms with van der Waals surface area (Å²) in [6, 6.07) is -0.734. The molecule has 0 saturated carbocycles. The highest BCUT2D eigenvalue weighted by atomic mass is 32.2. The van der Waals surface area contributed by atoms with E-state index in [1.165, 1.54) is 11.4 Å². The highest BCUT2D eigenvalue weighted by Gasteiger charge is 2.36. The van der Waals surface area contributed by atoms with Crippen LogP contribution in [0.1, 0.15) is 19.8 Å². The van der Waals surface area contributed by atoms with Crippen LogP contribution in [0.3, 0.4) is 0 Å². The Labute approximate surface area is 125 Å². The largest absolute Gasteiger partial charge is 0.469 e. The van der Waals surface area contributed by atoms with Gasteiger partial charge in [0.2, 0.25) is 15.9 Å². The van der Waals surface area contributed by atoms with Gasteiger partial charge >= 0.3 is 5.97 Å². The lowest BCUT2D eigenvalue weighted by atomic mass is 10.2. The van der Waals surface area contributed by atoms with E-state index in [2.05, 4.69) is 15.4 Å². The first kappa shape index (κ1) is 17.9. The number of hydrogen-bond acceptors (Lipinski definition) is 6. The van der Waals surface area contributed by atoms with Gasteiger partial charge in [-0.25, -0.2) is 8.42 Å². The van der Waals surface area contributed by atoms with Crippen LogP contribution >= 0.6 is 0 Å². The molecule has 0 aliphatic carbocycles. The van der Waals surface area contributed by atoms with Gasteiger partial charge in [-0.1, -0.05) is 0 Å². The number of nitrogens with one attached hydrogen (secondary N) is 2. The molecule has 9 heteroatoms. The van der Waals surface area contributed by atoms with E-state index in [4.69, 9.17) is 0 Å². The maximum atomic E-state index is 12.3. The summed E-state index contributed by atoms with van der Waals surface area (Å²) in [5, 5.41) is 5.66. The monoisotopic (exact) mass is 321 g/mol. The van der Waals surface area contributed by atoms with Crippen molar-refractivity contribution in [2.45, 2.75) is 25.8 Å². The second kappa shape index (κ2) is 8.30. The Kier molecular flexibility index (Phi) is 7.06. The average molecular weight is 321 g/mol. The van der Waals surface area contributed by atoms with Crippen molar-refractivity contribution in [1.82, 2.24) is 14.9 Å². The molecule has 1 fully saturated rings. The summed E-state index contributed by atoms with van der Waals surface area (Å²) in [4.78, 5) is 23.0. The summed E-state index contributed by atoms with van der Waals surface area (Å²) < 4.78 is 30.4. The van der Waals surface area contributed by atoms with E-state index in [0.717, 1.165) is 0 Å². The standard InChI is InChI=1S/C12H23N3O5S/c1-3-14-12(17)10-9-13-6-7-15(10)21(18,19)8-4-5-11(16)20-2/h10,13H,3-9H2,1-2H3,(H,14,17). The molecule has 0 aromatic rings. The van der Waals surface area contributed by atoms with Gasteiger partial charge in [0, 0.05) is 32.6 Å². The molecule has 1 saturated heterocycles. The van der Waals surface area contributed by atoms with Gasteiger partial charge in [0.15, 0.2) is 0 Å². The Morgan fingerprint density at radius 2 is 2.14 bits per heavy atom. The summed E-state index contributed by atoms with van der Waals surface area (Å²) in [5.74, 6) is -0.912. The van der Waals surface area contributed by atoms with E-state index >= 15 is 0 Å². The lowest BCUT2D eigenvalue weighted by Gasteiger charge is -2.34. The molecular weight excluding hydrogens is 298 g/mol. The van der Waals surface area contributed by atoms with Crippen LogP contribution in [0.25, 0.3) is 0 Å². The van der Waals surface area contributed by atoms with Crippen molar-refractivity contribution >= 4 is 21.9 Å². The van der Waals surface area contributed by atoms with Crippen LogP contribution in [-0.2, 0) is 24.3 Å². The number of piperazine rings is 1. The predicted molar refractivity (Wildman–Crippen MR) is 77.1 cm³/mol. The molecule has 1 unspecified atom stereocenters. The third-order valence-corrected chi connectivity index (χ3v) is 5.17. The van der Waals surface area contributed by atoms with E-state index < -0.39 is 22.0 Å².